The van der Waals surface area contributed by atoms with Crippen LogP contribution < -0.4 is 10.2 Å². The van der Waals surface area contributed by atoms with Crippen molar-refractivity contribution < 1.29 is 14.3 Å². The number of rotatable bonds is 9. The zero-order valence-corrected chi connectivity index (χ0v) is 20.1. The lowest BCUT2D eigenvalue weighted by Gasteiger charge is -2.32. The number of para-hydroxylation sites is 1. The summed E-state index contributed by atoms with van der Waals surface area (Å²) in [6.07, 6.45) is 0. The third-order valence-electron chi connectivity index (χ3n) is 5.69. The standard InChI is InChI=1S/C27H29N5O3/c1-19-15-20(2)17-22(16-19)32(25(33)18-31-24-12-8-7-11-23(24)29-30-31)26(21-9-5-4-6-10-21)27(34)28-13-14-35-3/h4-12,15-17,26H,13-14,18H2,1-3H3,(H,28,34)/t26-/m1/s1. The molecule has 0 bridgehead atoms. The van der Waals surface area contributed by atoms with E-state index in [1.54, 1.807) is 16.7 Å². The maximum Gasteiger partial charge on any atom is 0.249 e. The normalized spacial score (nSPS) is 11.9. The highest BCUT2D eigenvalue weighted by Crippen LogP contribution is 2.30. The van der Waals surface area contributed by atoms with Crippen molar-refractivity contribution in [3.05, 3.63) is 89.5 Å². The summed E-state index contributed by atoms with van der Waals surface area (Å²) < 4.78 is 6.67. The van der Waals surface area contributed by atoms with Gasteiger partial charge in [-0.1, -0.05) is 53.7 Å². The molecule has 8 heteroatoms. The van der Waals surface area contributed by atoms with Crippen LogP contribution in [0.1, 0.15) is 22.7 Å². The number of anilines is 1. The van der Waals surface area contributed by atoms with Gasteiger partial charge in [-0.3, -0.25) is 14.5 Å². The van der Waals surface area contributed by atoms with Crippen molar-refractivity contribution in [1.29, 1.82) is 0 Å². The summed E-state index contributed by atoms with van der Waals surface area (Å²) in [4.78, 5) is 29.0. The Kier molecular flexibility index (Phi) is 7.52. The minimum atomic E-state index is -0.878. The molecule has 4 aromatic rings. The highest BCUT2D eigenvalue weighted by Gasteiger charge is 2.33. The van der Waals surface area contributed by atoms with E-state index in [1.165, 1.54) is 0 Å². The van der Waals surface area contributed by atoms with Gasteiger partial charge in [0.2, 0.25) is 11.8 Å². The third-order valence-corrected chi connectivity index (χ3v) is 5.69. The fourth-order valence-electron chi connectivity index (χ4n) is 4.19. The van der Waals surface area contributed by atoms with E-state index in [4.69, 9.17) is 4.74 Å². The van der Waals surface area contributed by atoms with Crippen molar-refractivity contribution in [3.63, 3.8) is 0 Å². The SMILES string of the molecule is COCCNC(=O)[C@@H](c1ccccc1)N(C(=O)Cn1nnc2ccccc21)c1cc(C)cc(C)c1. The van der Waals surface area contributed by atoms with Gasteiger partial charge >= 0.3 is 0 Å². The van der Waals surface area contributed by atoms with Crippen molar-refractivity contribution in [1.82, 2.24) is 20.3 Å². The maximum absolute atomic E-state index is 14.0. The smallest absolute Gasteiger partial charge is 0.249 e. The Hall–Kier alpha value is -4.04. The van der Waals surface area contributed by atoms with Crippen LogP contribution in [0, 0.1) is 13.8 Å². The number of amides is 2. The summed E-state index contributed by atoms with van der Waals surface area (Å²) in [5.41, 5.74) is 4.80. The molecule has 1 heterocycles. The molecule has 180 valence electrons. The van der Waals surface area contributed by atoms with E-state index in [0.29, 0.717) is 29.9 Å². The number of carbonyl (C=O) groups is 2. The number of methoxy groups -OCH3 is 1. The first-order chi connectivity index (χ1) is 17.0. The van der Waals surface area contributed by atoms with Gasteiger partial charge in [-0.25, -0.2) is 4.68 Å². The molecule has 3 aromatic carbocycles. The molecule has 8 nitrogen and oxygen atoms in total. The number of hydrogen-bond donors (Lipinski definition) is 1. The van der Waals surface area contributed by atoms with Crippen LogP contribution in [0.25, 0.3) is 11.0 Å². The Morgan fingerprint density at radius 1 is 1.00 bits per heavy atom. The van der Waals surface area contributed by atoms with Crippen LogP contribution in [-0.4, -0.2) is 47.1 Å². The molecule has 0 aliphatic carbocycles. The molecule has 35 heavy (non-hydrogen) atoms. The maximum atomic E-state index is 14.0. The molecule has 1 N–H and O–H groups in total. The summed E-state index contributed by atoms with van der Waals surface area (Å²) in [7, 11) is 1.58. The van der Waals surface area contributed by atoms with Gasteiger partial charge in [-0.15, -0.1) is 5.10 Å². The van der Waals surface area contributed by atoms with E-state index < -0.39 is 6.04 Å². The van der Waals surface area contributed by atoms with Crippen molar-refractivity contribution in [2.45, 2.75) is 26.4 Å². The van der Waals surface area contributed by atoms with Crippen LogP contribution in [0.5, 0.6) is 0 Å². The molecule has 2 amide bonds. The van der Waals surface area contributed by atoms with Crippen LogP contribution in [0.4, 0.5) is 5.69 Å². The first-order valence-electron chi connectivity index (χ1n) is 11.5. The Labute approximate surface area is 204 Å². The lowest BCUT2D eigenvalue weighted by molar-refractivity contribution is -0.127. The number of ether oxygens (including phenoxy) is 1. The second-order valence-corrected chi connectivity index (χ2v) is 8.44. The molecule has 0 aliphatic rings. The molecule has 0 fully saturated rings. The number of carbonyl (C=O) groups excluding carboxylic acids is 2. The summed E-state index contributed by atoms with van der Waals surface area (Å²) in [6, 6.07) is 21.8. The van der Waals surface area contributed by atoms with Crippen LogP contribution in [0.2, 0.25) is 0 Å². The number of nitrogens with zero attached hydrogens (tertiary/aromatic N) is 4. The fraction of sp³-hybridized carbons (Fsp3) is 0.259. The number of aryl methyl sites for hydroxylation is 2. The minimum Gasteiger partial charge on any atom is -0.383 e. The van der Waals surface area contributed by atoms with Crippen LogP contribution >= 0.6 is 0 Å². The quantitative estimate of drug-likeness (QED) is 0.377. The minimum absolute atomic E-state index is 0.0673. The van der Waals surface area contributed by atoms with E-state index in [9.17, 15) is 9.59 Å². The Morgan fingerprint density at radius 2 is 1.69 bits per heavy atom. The van der Waals surface area contributed by atoms with Gasteiger partial charge < -0.3 is 10.1 Å². The van der Waals surface area contributed by atoms with E-state index in [-0.39, 0.29) is 18.4 Å². The molecule has 4 rings (SSSR count). The van der Waals surface area contributed by atoms with Crippen molar-refractivity contribution in [2.75, 3.05) is 25.2 Å². The van der Waals surface area contributed by atoms with Crippen molar-refractivity contribution in [3.8, 4) is 0 Å². The summed E-state index contributed by atoms with van der Waals surface area (Å²) in [5, 5.41) is 11.3. The zero-order chi connectivity index (χ0) is 24.8. The van der Waals surface area contributed by atoms with E-state index in [1.807, 2.05) is 86.6 Å². The first-order valence-corrected chi connectivity index (χ1v) is 11.5. The summed E-state index contributed by atoms with van der Waals surface area (Å²) >= 11 is 0. The highest BCUT2D eigenvalue weighted by molar-refractivity contribution is 6.01. The van der Waals surface area contributed by atoms with Gasteiger partial charge in [0.25, 0.3) is 0 Å². The second kappa shape index (κ2) is 10.9. The molecule has 0 unspecified atom stereocenters. The fourth-order valence-corrected chi connectivity index (χ4v) is 4.19. The molecule has 0 radical (unpaired) electrons. The molecular formula is C27H29N5O3. The number of benzene rings is 3. The largest absolute Gasteiger partial charge is 0.383 e. The lowest BCUT2D eigenvalue weighted by Crippen LogP contribution is -2.46. The Balaban J connectivity index is 1.79. The second-order valence-electron chi connectivity index (χ2n) is 8.44. The average molecular weight is 472 g/mol. The number of nitrogens with one attached hydrogen (secondary N) is 1. The van der Waals surface area contributed by atoms with E-state index >= 15 is 0 Å². The predicted octanol–water partition coefficient (Wildman–Crippen LogP) is 3.59. The van der Waals surface area contributed by atoms with Gasteiger partial charge in [0.15, 0.2) is 0 Å². The third kappa shape index (κ3) is 5.55. The molecule has 1 atom stereocenters. The van der Waals surface area contributed by atoms with Crippen molar-refractivity contribution in [2.24, 2.45) is 0 Å². The number of aromatic nitrogens is 3. The van der Waals surface area contributed by atoms with Gasteiger partial charge in [0.1, 0.15) is 18.1 Å². The van der Waals surface area contributed by atoms with E-state index in [2.05, 4.69) is 15.6 Å². The Morgan fingerprint density at radius 3 is 2.40 bits per heavy atom. The van der Waals surface area contributed by atoms with Gasteiger partial charge in [0.05, 0.1) is 12.1 Å². The molecular weight excluding hydrogens is 442 g/mol. The Bertz CT molecular complexity index is 1300. The topological polar surface area (TPSA) is 89.4 Å². The van der Waals surface area contributed by atoms with Gasteiger partial charge in [0, 0.05) is 19.3 Å². The summed E-state index contributed by atoms with van der Waals surface area (Å²) in [5.74, 6) is -0.564. The monoisotopic (exact) mass is 471 g/mol. The first kappa shape index (κ1) is 24.1. The molecule has 0 saturated heterocycles. The highest BCUT2D eigenvalue weighted by atomic mass is 16.5. The zero-order valence-electron chi connectivity index (χ0n) is 20.1. The number of fused-ring (bicyclic) bond motifs is 1. The van der Waals surface area contributed by atoms with E-state index in [0.717, 1.165) is 16.6 Å². The average Bonchev–Trinajstić information content (AvgIpc) is 3.25. The number of hydrogen-bond acceptors (Lipinski definition) is 5. The van der Waals surface area contributed by atoms with Crippen molar-refractivity contribution >= 4 is 28.5 Å². The van der Waals surface area contributed by atoms with Gasteiger partial charge in [-0.2, -0.15) is 0 Å². The molecule has 0 aliphatic heterocycles. The molecule has 0 saturated carbocycles. The predicted molar refractivity (Wildman–Crippen MR) is 135 cm³/mol. The summed E-state index contributed by atoms with van der Waals surface area (Å²) in [6.45, 7) is 4.58. The van der Waals surface area contributed by atoms with Gasteiger partial charge in [-0.05, 0) is 54.8 Å². The van der Waals surface area contributed by atoms with Crippen LogP contribution in [0.3, 0.4) is 0 Å². The lowest BCUT2D eigenvalue weighted by atomic mass is 10.0. The van der Waals surface area contributed by atoms with Crippen LogP contribution in [0.15, 0.2) is 72.8 Å². The molecule has 1 aromatic heterocycles. The van der Waals surface area contributed by atoms with Crippen LogP contribution in [-0.2, 0) is 20.9 Å². The molecule has 0 spiro atoms.